The van der Waals surface area contributed by atoms with Crippen LogP contribution in [-0.2, 0) is 13.6 Å². The second-order valence-electron chi connectivity index (χ2n) is 7.94. The first-order valence-corrected chi connectivity index (χ1v) is 10.2. The van der Waals surface area contributed by atoms with Crippen molar-refractivity contribution in [2.75, 3.05) is 0 Å². The fourth-order valence-corrected chi connectivity index (χ4v) is 3.36. The van der Waals surface area contributed by atoms with E-state index in [0.717, 1.165) is 28.2 Å². The third-order valence-corrected chi connectivity index (χ3v) is 5.03. The van der Waals surface area contributed by atoms with Gasteiger partial charge in [-0.05, 0) is 46.7 Å². The smallest absolute Gasteiger partial charge is 0.251 e. The van der Waals surface area contributed by atoms with Crippen molar-refractivity contribution in [1.82, 2.24) is 35.3 Å². The number of carbonyl (C=O) groups is 1. The molecule has 1 amide bonds. The average Bonchev–Trinajstić information content (AvgIpc) is 3.41. The molecule has 158 valence electrons. The van der Waals surface area contributed by atoms with Crippen molar-refractivity contribution in [3.63, 3.8) is 0 Å². The summed E-state index contributed by atoms with van der Waals surface area (Å²) in [5, 5.41) is 19.3. The molecule has 0 atom stereocenters. The van der Waals surface area contributed by atoms with Crippen LogP contribution >= 0.6 is 0 Å². The quantitative estimate of drug-likeness (QED) is 0.521. The lowest BCUT2D eigenvalue weighted by atomic mass is 10.0. The Hall–Kier alpha value is -3.81. The van der Waals surface area contributed by atoms with Gasteiger partial charge in [0.15, 0.2) is 5.82 Å². The maximum atomic E-state index is 13.0. The van der Waals surface area contributed by atoms with E-state index in [1.165, 1.54) is 5.56 Å². The minimum atomic E-state index is -0.168. The van der Waals surface area contributed by atoms with E-state index in [0.29, 0.717) is 12.1 Å². The molecule has 8 nitrogen and oxygen atoms in total. The normalized spacial score (nSPS) is 11.1. The fraction of sp³-hybridized carbons (Fsp3) is 0.261. The number of hydrogen-bond acceptors (Lipinski definition) is 5. The van der Waals surface area contributed by atoms with Gasteiger partial charge in [-0.25, -0.2) is 0 Å². The summed E-state index contributed by atoms with van der Waals surface area (Å²) in [6.45, 7) is 6.52. The Morgan fingerprint density at radius 1 is 1.10 bits per heavy atom. The van der Waals surface area contributed by atoms with E-state index in [2.05, 4.69) is 50.2 Å². The second kappa shape index (κ2) is 8.51. The van der Waals surface area contributed by atoms with Crippen molar-refractivity contribution in [1.29, 1.82) is 0 Å². The molecule has 31 heavy (non-hydrogen) atoms. The van der Waals surface area contributed by atoms with Crippen molar-refractivity contribution in [3.05, 3.63) is 77.4 Å². The molecule has 2 aromatic carbocycles. The third kappa shape index (κ3) is 4.53. The molecule has 0 aliphatic heterocycles. The fourth-order valence-electron chi connectivity index (χ4n) is 3.36. The van der Waals surface area contributed by atoms with Gasteiger partial charge in [0, 0.05) is 36.8 Å². The lowest BCUT2D eigenvalue weighted by Gasteiger charge is -2.12. The van der Waals surface area contributed by atoms with Crippen LogP contribution in [0, 0.1) is 6.92 Å². The van der Waals surface area contributed by atoms with Gasteiger partial charge in [0.25, 0.3) is 5.91 Å². The summed E-state index contributed by atoms with van der Waals surface area (Å²) in [5.41, 5.74) is 5.35. The van der Waals surface area contributed by atoms with Crippen molar-refractivity contribution in [3.8, 4) is 16.8 Å². The molecule has 8 heteroatoms. The lowest BCUT2D eigenvalue weighted by Crippen LogP contribution is -2.23. The summed E-state index contributed by atoms with van der Waals surface area (Å²) in [7, 11) is 1.85. The maximum absolute atomic E-state index is 13.0. The number of aryl methyl sites for hydroxylation is 2. The molecule has 0 spiro atoms. The summed E-state index contributed by atoms with van der Waals surface area (Å²) in [6, 6.07) is 13.9. The number of aromatic nitrogens is 6. The summed E-state index contributed by atoms with van der Waals surface area (Å²) in [4.78, 5) is 13.0. The number of amides is 1. The molecule has 0 unspecified atom stereocenters. The van der Waals surface area contributed by atoms with Gasteiger partial charge in [-0.3, -0.25) is 9.48 Å². The van der Waals surface area contributed by atoms with Crippen LogP contribution in [0.25, 0.3) is 16.8 Å². The first-order chi connectivity index (χ1) is 14.9. The highest BCUT2D eigenvalue weighted by molar-refractivity contribution is 5.96. The van der Waals surface area contributed by atoms with Crippen LogP contribution in [0.4, 0.5) is 0 Å². The van der Waals surface area contributed by atoms with Crippen LogP contribution in [-0.4, -0.2) is 35.9 Å². The molecule has 0 aliphatic carbocycles. The van der Waals surface area contributed by atoms with E-state index in [1.807, 2.05) is 52.2 Å². The van der Waals surface area contributed by atoms with Crippen LogP contribution in [0.5, 0.6) is 0 Å². The van der Waals surface area contributed by atoms with E-state index in [1.54, 1.807) is 15.6 Å². The van der Waals surface area contributed by atoms with Gasteiger partial charge in [-0.1, -0.05) is 43.7 Å². The minimum absolute atomic E-state index is 0.140. The van der Waals surface area contributed by atoms with Gasteiger partial charge >= 0.3 is 0 Å². The van der Waals surface area contributed by atoms with Gasteiger partial charge in [0.2, 0.25) is 0 Å². The monoisotopic (exact) mass is 415 g/mol. The first kappa shape index (κ1) is 20.5. The molecule has 0 fully saturated rings. The molecule has 0 radical (unpaired) electrons. The van der Waals surface area contributed by atoms with Crippen molar-refractivity contribution >= 4 is 5.91 Å². The van der Waals surface area contributed by atoms with Crippen LogP contribution in [0.2, 0.25) is 0 Å². The third-order valence-electron chi connectivity index (χ3n) is 5.03. The average molecular weight is 416 g/mol. The number of tetrazole rings is 1. The molecule has 2 aromatic heterocycles. The number of nitrogens with zero attached hydrogens (tertiary/aromatic N) is 6. The zero-order chi connectivity index (χ0) is 22.0. The molecule has 0 bridgehead atoms. The van der Waals surface area contributed by atoms with E-state index in [9.17, 15) is 4.79 Å². The Labute approximate surface area is 180 Å². The summed E-state index contributed by atoms with van der Waals surface area (Å²) < 4.78 is 3.41. The Bertz CT molecular complexity index is 1200. The Balaban J connectivity index is 1.72. The zero-order valence-corrected chi connectivity index (χ0v) is 18.1. The van der Waals surface area contributed by atoms with Crippen LogP contribution in [0.3, 0.4) is 0 Å². The number of rotatable bonds is 6. The van der Waals surface area contributed by atoms with Crippen LogP contribution < -0.4 is 5.32 Å². The Kier molecular flexibility index (Phi) is 5.62. The van der Waals surface area contributed by atoms with Crippen LogP contribution in [0.1, 0.15) is 47.1 Å². The van der Waals surface area contributed by atoms with Crippen molar-refractivity contribution in [2.45, 2.75) is 33.2 Å². The molecule has 2 heterocycles. The number of benzene rings is 2. The predicted octanol–water partition coefficient (Wildman–Crippen LogP) is 3.42. The van der Waals surface area contributed by atoms with E-state index < -0.39 is 0 Å². The van der Waals surface area contributed by atoms with Crippen LogP contribution in [0.15, 0.2) is 54.9 Å². The van der Waals surface area contributed by atoms with E-state index >= 15 is 0 Å². The number of carbonyl (C=O) groups excluding carboxylic acids is 1. The van der Waals surface area contributed by atoms with E-state index in [4.69, 9.17) is 0 Å². The maximum Gasteiger partial charge on any atom is 0.251 e. The van der Waals surface area contributed by atoms with Crippen molar-refractivity contribution in [2.24, 2.45) is 7.05 Å². The number of hydrogen-bond donors (Lipinski definition) is 1. The molecule has 0 saturated heterocycles. The largest absolute Gasteiger partial charge is 0.348 e. The molecule has 4 aromatic rings. The molecule has 1 N–H and O–H groups in total. The number of nitrogens with one attached hydrogen (secondary N) is 1. The first-order valence-electron chi connectivity index (χ1n) is 10.2. The van der Waals surface area contributed by atoms with Gasteiger partial charge in [-0.2, -0.15) is 9.78 Å². The van der Waals surface area contributed by atoms with Gasteiger partial charge in [0.1, 0.15) is 0 Å². The standard InChI is InChI=1S/C23H25N7O/c1-15(2)22-26-27-28-30(22)21-10-19(18-7-5-16(3)6-8-18)9-20(11-21)23(31)24-12-17-13-25-29(4)14-17/h5-11,13-15H,12H2,1-4H3,(H,24,31). The highest BCUT2D eigenvalue weighted by atomic mass is 16.1. The lowest BCUT2D eigenvalue weighted by molar-refractivity contribution is 0.0951. The topological polar surface area (TPSA) is 90.5 Å². The molecule has 0 saturated carbocycles. The van der Waals surface area contributed by atoms with Gasteiger partial charge in [-0.15, -0.1) is 5.10 Å². The Morgan fingerprint density at radius 3 is 2.55 bits per heavy atom. The highest BCUT2D eigenvalue weighted by Crippen LogP contribution is 2.26. The highest BCUT2D eigenvalue weighted by Gasteiger charge is 2.16. The predicted molar refractivity (Wildman–Crippen MR) is 118 cm³/mol. The summed E-state index contributed by atoms with van der Waals surface area (Å²) in [5.74, 6) is 0.710. The van der Waals surface area contributed by atoms with E-state index in [-0.39, 0.29) is 11.8 Å². The summed E-state index contributed by atoms with van der Waals surface area (Å²) in [6.07, 6.45) is 3.62. The summed E-state index contributed by atoms with van der Waals surface area (Å²) >= 11 is 0. The zero-order valence-electron chi connectivity index (χ0n) is 18.1. The molecule has 4 rings (SSSR count). The SMILES string of the molecule is Cc1ccc(-c2cc(C(=O)NCc3cnn(C)c3)cc(-n3nnnc3C(C)C)c2)cc1. The Morgan fingerprint density at radius 2 is 1.87 bits per heavy atom. The molecular weight excluding hydrogens is 390 g/mol. The van der Waals surface area contributed by atoms with Crippen molar-refractivity contribution < 1.29 is 4.79 Å². The van der Waals surface area contributed by atoms with Gasteiger partial charge < -0.3 is 5.32 Å². The minimum Gasteiger partial charge on any atom is -0.348 e. The molecular formula is C23H25N7O. The second-order valence-corrected chi connectivity index (χ2v) is 7.94. The van der Waals surface area contributed by atoms with Gasteiger partial charge in [0.05, 0.1) is 11.9 Å². The molecule has 0 aliphatic rings.